The second-order valence-corrected chi connectivity index (χ2v) is 6.87. The number of aliphatic hydroxyl groups is 1. The smallest absolute Gasteiger partial charge is 0.245 e. The topological polar surface area (TPSA) is 78.4 Å². The molecule has 120 valence electrons. The third-order valence-electron chi connectivity index (χ3n) is 4.71. The van der Waals surface area contributed by atoms with Crippen LogP contribution >= 0.6 is 0 Å². The number of nitrogens with one attached hydrogen (secondary N) is 2. The van der Waals surface area contributed by atoms with Gasteiger partial charge in [-0.15, -0.1) is 0 Å². The maximum absolute atomic E-state index is 12.2. The molecule has 0 aliphatic heterocycles. The molecule has 21 heavy (non-hydrogen) atoms. The molecule has 2 unspecified atom stereocenters. The summed E-state index contributed by atoms with van der Waals surface area (Å²) in [6.45, 7) is 4.46. The largest absolute Gasteiger partial charge is 0.391 e. The average molecular weight is 296 g/mol. The first-order valence-corrected chi connectivity index (χ1v) is 8.23. The molecule has 0 aromatic carbocycles. The van der Waals surface area contributed by atoms with Crippen LogP contribution in [0.25, 0.3) is 0 Å². The third kappa shape index (κ3) is 4.99. The lowest BCUT2D eigenvalue weighted by Gasteiger charge is -2.27. The number of hydrogen-bond donors (Lipinski definition) is 3. The van der Waals surface area contributed by atoms with E-state index < -0.39 is 12.1 Å². The van der Waals surface area contributed by atoms with Crippen molar-refractivity contribution in [2.24, 2.45) is 17.8 Å². The highest BCUT2D eigenvalue weighted by Crippen LogP contribution is 2.29. The normalized spacial score (nSPS) is 28.5. The van der Waals surface area contributed by atoms with Gasteiger partial charge in [-0.05, 0) is 44.4 Å². The molecular formula is C16H28N2O3. The minimum Gasteiger partial charge on any atom is -0.391 e. The molecule has 0 heterocycles. The molecule has 0 spiro atoms. The zero-order valence-electron chi connectivity index (χ0n) is 13.1. The van der Waals surface area contributed by atoms with Crippen molar-refractivity contribution in [2.45, 2.75) is 64.5 Å². The predicted octanol–water partition coefficient (Wildman–Crippen LogP) is 1.20. The zero-order valence-corrected chi connectivity index (χ0v) is 13.1. The monoisotopic (exact) mass is 296 g/mol. The summed E-state index contributed by atoms with van der Waals surface area (Å²) in [5.41, 5.74) is 0. The van der Waals surface area contributed by atoms with Crippen molar-refractivity contribution in [1.82, 2.24) is 10.6 Å². The second-order valence-electron chi connectivity index (χ2n) is 6.87. The van der Waals surface area contributed by atoms with Crippen LogP contribution in [0.4, 0.5) is 0 Å². The molecule has 0 bridgehead atoms. The Morgan fingerprint density at radius 1 is 1.14 bits per heavy atom. The molecule has 2 aliphatic carbocycles. The summed E-state index contributed by atoms with van der Waals surface area (Å²) in [6, 6.07) is -0.833. The molecule has 0 saturated heterocycles. The summed E-state index contributed by atoms with van der Waals surface area (Å²) in [4.78, 5) is 23.9. The van der Waals surface area contributed by atoms with Crippen molar-refractivity contribution < 1.29 is 14.7 Å². The number of rotatable bonds is 6. The Balaban J connectivity index is 1.76. The first-order chi connectivity index (χ1) is 9.97. The van der Waals surface area contributed by atoms with E-state index in [1.54, 1.807) is 6.92 Å². The highest BCUT2D eigenvalue weighted by Gasteiger charge is 2.34. The molecule has 0 aromatic heterocycles. The van der Waals surface area contributed by atoms with Crippen LogP contribution in [-0.2, 0) is 9.59 Å². The van der Waals surface area contributed by atoms with Crippen LogP contribution in [0.2, 0.25) is 0 Å². The maximum atomic E-state index is 12.2. The van der Waals surface area contributed by atoms with Crippen molar-refractivity contribution >= 4 is 11.8 Å². The number of aliphatic hydroxyl groups excluding tert-OH is 1. The van der Waals surface area contributed by atoms with E-state index in [0.29, 0.717) is 12.5 Å². The van der Waals surface area contributed by atoms with E-state index in [0.717, 1.165) is 31.6 Å². The number of carbonyl (C=O) groups excluding carboxylic acids is 2. The Kier molecular flexibility index (Phi) is 5.62. The molecular weight excluding hydrogens is 268 g/mol. The van der Waals surface area contributed by atoms with Crippen LogP contribution in [-0.4, -0.2) is 35.6 Å². The van der Waals surface area contributed by atoms with Gasteiger partial charge in [0.15, 0.2) is 0 Å². The van der Waals surface area contributed by atoms with Gasteiger partial charge in [0.1, 0.15) is 6.04 Å². The Morgan fingerprint density at radius 2 is 1.76 bits per heavy atom. The van der Waals surface area contributed by atoms with E-state index in [1.807, 2.05) is 0 Å². The first-order valence-electron chi connectivity index (χ1n) is 8.23. The molecule has 2 fully saturated rings. The van der Waals surface area contributed by atoms with Gasteiger partial charge in [0.05, 0.1) is 6.10 Å². The SMILES string of the molecule is CC1CCC(CNC(=O)C(NC(=O)C2CC2)C(C)O)CC1. The van der Waals surface area contributed by atoms with E-state index in [4.69, 9.17) is 0 Å². The minimum absolute atomic E-state index is 0.0406. The Bertz CT molecular complexity index is 372. The van der Waals surface area contributed by atoms with Gasteiger partial charge in [0.2, 0.25) is 11.8 Å². The molecule has 5 nitrogen and oxygen atoms in total. The fraction of sp³-hybridized carbons (Fsp3) is 0.875. The molecule has 2 aliphatic rings. The van der Waals surface area contributed by atoms with Gasteiger partial charge in [-0.2, -0.15) is 0 Å². The van der Waals surface area contributed by atoms with Crippen molar-refractivity contribution in [3.63, 3.8) is 0 Å². The van der Waals surface area contributed by atoms with Gasteiger partial charge < -0.3 is 15.7 Å². The summed E-state index contributed by atoms with van der Waals surface area (Å²) < 4.78 is 0. The molecule has 2 saturated carbocycles. The molecule has 0 radical (unpaired) electrons. The van der Waals surface area contributed by atoms with E-state index in [2.05, 4.69) is 17.6 Å². The van der Waals surface area contributed by atoms with Crippen molar-refractivity contribution in [1.29, 1.82) is 0 Å². The molecule has 2 amide bonds. The number of carbonyl (C=O) groups is 2. The summed E-state index contributed by atoms with van der Waals surface area (Å²) >= 11 is 0. The van der Waals surface area contributed by atoms with Crippen molar-refractivity contribution in [2.75, 3.05) is 6.54 Å². The van der Waals surface area contributed by atoms with Gasteiger partial charge in [-0.25, -0.2) is 0 Å². The number of amides is 2. The Labute approximate surface area is 126 Å². The van der Waals surface area contributed by atoms with Crippen LogP contribution in [0.3, 0.4) is 0 Å². The van der Waals surface area contributed by atoms with Crippen LogP contribution in [0, 0.1) is 17.8 Å². The molecule has 5 heteroatoms. The van der Waals surface area contributed by atoms with Crippen molar-refractivity contribution in [3.8, 4) is 0 Å². The van der Waals surface area contributed by atoms with E-state index in [9.17, 15) is 14.7 Å². The van der Waals surface area contributed by atoms with Crippen LogP contribution in [0.15, 0.2) is 0 Å². The van der Waals surface area contributed by atoms with Gasteiger partial charge in [-0.1, -0.05) is 19.8 Å². The predicted molar refractivity (Wildman–Crippen MR) is 80.5 cm³/mol. The summed E-state index contributed by atoms with van der Waals surface area (Å²) in [7, 11) is 0. The fourth-order valence-corrected chi connectivity index (χ4v) is 2.91. The van der Waals surface area contributed by atoms with Crippen LogP contribution in [0.1, 0.15) is 52.4 Å². The fourth-order valence-electron chi connectivity index (χ4n) is 2.91. The average Bonchev–Trinajstić information content (AvgIpc) is 3.27. The lowest BCUT2D eigenvalue weighted by molar-refractivity contribution is -0.132. The minimum atomic E-state index is -0.876. The lowest BCUT2D eigenvalue weighted by atomic mass is 9.83. The van der Waals surface area contributed by atoms with Gasteiger partial charge >= 0.3 is 0 Å². The molecule has 2 rings (SSSR count). The van der Waals surface area contributed by atoms with Crippen LogP contribution < -0.4 is 10.6 Å². The molecule has 3 N–H and O–H groups in total. The van der Waals surface area contributed by atoms with Gasteiger partial charge in [0, 0.05) is 12.5 Å². The third-order valence-corrected chi connectivity index (χ3v) is 4.71. The van der Waals surface area contributed by atoms with E-state index in [-0.39, 0.29) is 17.7 Å². The highest BCUT2D eigenvalue weighted by atomic mass is 16.3. The quantitative estimate of drug-likeness (QED) is 0.689. The zero-order chi connectivity index (χ0) is 15.4. The van der Waals surface area contributed by atoms with Gasteiger partial charge in [0.25, 0.3) is 0 Å². The highest BCUT2D eigenvalue weighted by molar-refractivity contribution is 5.89. The summed E-state index contributed by atoms with van der Waals surface area (Å²) in [5.74, 6) is 0.984. The standard InChI is InChI=1S/C16H28N2O3/c1-10-3-5-12(6-4-10)9-17-16(21)14(11(2)19)18-15(20)13-7-8-13/h10-14,19H,3-9H2,1-2H3,(H,17,21)(H,18,20). The Morgan fingerprint density at radius 3 is 2.29 bits per heavy atom. The van der Waals surface area contributed by atoms with Crippen LogP contribution in [0.5, 0.6) is 0 Å². The number of hydrogen-bond acceptors (Lipinski definition) is 3. The summed E-state index contributed by atoms with van der Waals surface area (Å²) in [5, 5.41) is 15.3. The maximum Gasteiger partial charge on any atom is 0.245 e. The molecule has 2 atom stereocenters. The van der Waals surface area contributed by atoms with Crippen molar-refractivity contribution in [3.05, 3.63) is 0 Å². The van der Waals surface area contributed by atoms with Gasteiger partial charge in [-0.3, -0.25) is 9.59 Å². The second kappa shape index (κ2) is 7.25. The first kappa shape index (κ1) is 16.3. The van der Waals surface area contributed by atoms with E-state index >= 15 is 0 Å². The summed E-state index contributed by atoms with van der Waals surface area (Å²) in [6.07, 6.45) is 5.64. The Hall–Kier alpha value is -1.10. The van der Waals surface area contributed by atoms with E-state index in [1.165, 1.54) is 12.8 Å². The lowest BCUT2D eigenvalue weighted by Crippen LogP contribution is -2.53. The molecule has 0 aromatic rings.